The molecule has 2 N–H and O–H groups in total. The molecule has 2 saturated carbocycles. The highest BCUT2D eigenvalue weighted by Gasteiger charge is 2.35. The van der Waals surface area contributed by atoms with Crippen molar-refractivity contribution in [2.24, 2.45) is 11.8 Å². The summed E-state index contributed by atoms with van der Waals surface area (Å²) in [7, 11) is 0. The second-order valence-corrected chi connectivity index (χ2v) is 10.1. The summed E-state index contributed by atoms with van der Waals surface area (Å²) in [6.45, 7) is 3.40. The Morgan fingerprint density at radius 1 is 1.16 bits per heavy atom. The van der Waals surface area contributed by atoms with E-state index in [1.807, 2.05) is 4.90 Å². The molecule has 2 aliphatic carbocycles. The summed E-state index contributed by atoms with van der Waals surface area (Å²) in [6.07, 6.45) is 0.972. The standard InChI is InChI=1S/C26H33F3N4O4/c1-16(14-26(27,28)29)15-33(19-7-4-3-5-8-19)20-9-6-10-21(36-24(34)18-11-12-18)23(20)31-25(35)30-22-13-17(2)37-32-22/h6,9-10,13,16,18-19H,3-5,7-8,11-12,14-15H2,1-2H3,(H2,30,31,32,35). The van der Waals surface area contributed by atoms with Gasteiger partial charge in [0.05, 0.1) is 11.6 Å². The smallest absolute Gasteiger partial charge is 0.389 e. The number of aryl methyl sites for hydroxylation is 1. The van der Waals surface area contributed by atoms with E-state index in [1.54, 1.807) is 38.1 Å². The van der Waals surface area contributed by atoms with Crippen LogP contribution in [-0.4, -0.2) is 35.9 Å². The number of urea groups is 1. The summed E-state index contributed by atoms with van der Waals surface area (Å²) in [5.41, 5.74) is 0.757. The number of alkyl halides is 3. The number of aromatic nitrogens is 1. The summed E-state index contributed by atoms with van der Waals surface area (Å²) < 4.78 is 50.2. The Morgan fingerprint density at radius 3 is 2.51 bits per heavy atom. The van der Waals surface area contributed by atoms with Crippen molar-refractivity contribution in [2.75, 3.05) is 22.1 Å². The summed E-state index contributed by atoms with van der Waals surface area (Å²) >= 11 is 0. The quantitative estimate of drug-likeness (QED) is 0.282. The summed E-state index contributed by atoms with van der Waals surface area (Å²) in [6, 6.07) is 5.93. The zero-order valence-electron chi connectivity index (χ0n) is 21.1. The molecule has 37 heavy (non-hydrogen) atoms. The van der Waals surface area contributed by atoms with Gasteiger partial charge in [0.1, 0.15) is 11.4 Å². The first-order chi connectivity index (χ1) is 17.6. The first-order valence-electron chi connectivity index (χ1n) is 12.8. The Hall–Kier alpha value is -3.24. The number of para-hydroxylation sites is 1. The number of carbonyl (C=O) groups excluding carboxylic acids is 2. The summed E-state index contributed by atoms with van der Waals surface area (Å²) in [4.78, 5) is 27.4. The largest absolute Gasteiger partial charge is 0.424 e. The Labute approximate surface area is 213 Å². The molecule has 0 radical (unpaired) electrons. The molecule has 2 amide bonds. The molecule has 1 unspecified atom stereocenters. The predicted molar refractivity (Wildman–Crippen MR) is 133 cm³/mol. The molecule has 2 aromatic rings. The summed E-state index contributed by atoms with van der Waals surface area (Å²) in [5, 5.41) is 9.11. The van der Waals surface area contributed by atoms with Crippen LogP contribution in [0.4, 0.5) is 35.2 Å². The van der Waals surface area contributed by atoms with Crippen LogP contribution in [-0.2, 0) is 4.79 Å². The molecule has 1 aromatic heterocycles. The molecule has 0 aliphatic heterocycles. The van der Waals surface area contributed by atoms with Gasteiger partial charge in [0.15, 0.2) is 11.6 Å². The van der Waals surface area contributed by atoms with E-state index < -0.39 is 24.5 Å². The number of nitrogens with one attached hydrogen (secondary N) is 2. The highest BCUT2D eigenvalue weighted by Crippen LogP contribution is 2.41. The van der Waals surface area contributed by atoms with E-state index in [0.717, 1.165) is 44.9 Å². The third-order valence-corrected chi connectivity index (χ3v) is 6.65. The minimum atomic E-state index is -4.28. The van der Waals surface area contributed by atoms with Crippen LogP contribution in [0.1, 0.15) is 64.1 Å². The molecular weight excluding hydrogens is 489 g/mol. The molecule has 202 valence electrons. The molecule has 1 heterocycles. The van der Waals surface area contributed by atoms with Crippen LogP contribution in [0.25, 0.3) is 0 Å². The van der Waals surface area contributed by atoms with Crippen LogP contribution in [0.5, 0.6) is 5.75 Å². The van der Waals surface area contributed by atoms with E-state index in [-0.39, 0.29) is 41.7 Å². The van der Waals surface area contributed by atoms with E-state index in [1.165, 1.54) is 0 Å². The van der Waals surface area contributed by atoms with Gasteiger partial charge < -0.3 is 19.5 Å². The molecule has 2 aliphatic rings. The fourth-order valence-electron chi connectivity index (χ4n) is 4.80. The number of rotatable bonds is 9. The monoisotopic (exact) mass is 522 g/mol. The first-order valence-corrected chi connectivity index (χ1v) is 12.8. The molecule has 0 saturated heterocycles. The second-order valence-electron chi connectivity index (χ2n) is 10.1. The lowest BCUT2D eigenvalue weighted by molar-refractivity contribution is -0.142. The number of esters is 1. The number of hydrogen-bond donors (Lipinski definition) is 2. The maximum absolute atomic E-state index is 13.2. The lowest BCUT2D eigenvalue weighted by Crippen LogP contribution is -2.41. The van der Waals surface area contributed by atoms with Crippen LogP contribution < -0.4 is 20.3 Å². The van der Waals surface area contributed by atoms with Crippen LogP contribution in [0, 0.1) is 18.8 Å². The van der Waals surface area contributed by atoms with Crippen molar-refractivity contribution in [3.8, 4) is 5.75 Å². The van der Waals surface area contributed by atoms with Gasteiger partial charge >= 0.3 is 18.2 Å². The van der Waals surface area contributed by atoms with Crippen molar-refractivity contribution in [3.63, 3.8) is 0 Å². The fourth-order valence-corrected chi connectivity index (χ4v) is 4.80. The zero-order chi connectivity index (χ0) is 26.6. The predicted octanol–water partition coefficient (Wildman–Crippen LogP) is 6.67. The molecule has 11 heteroatoms. The zero-order valence-corrected chi connectivity index (χ0v) is 21.1. The number of carbonyl (C=O) groups is 2. The third-order valence-electron chi connectivity index (χ3n) is 6.65. The molecule has 2 fully saturated rings. The van der Waals surface area contributed by atoms with Crippen molar-refractivity contribution in [1.29, 1.82) is 0 Å². The minimum absolute atomic E-state index is 0.000573. The second kappa shape index (κ2) is 11.4. The number of benzene rings is 1. The highest BCUT2D eigenvalue weighted by atomic mass is 19.4. The Morgan fingerprint density at radius 2 is 1.89 bits per heavy atom. The van der Waals surface area contributed by atoms with Crippen molar-refractivity contribution in [1.82, 2.24) is 5.16 Å². The van der Waals surface area contributed by atoms with Gasteiger partial charge in [-0.25, -0.2) is 4.79 Å². The highest BCUT2D eigenvalue weighted by molar-refractivity contribution is 6.03. The fraction of sp³-hybridized carbons (Fsp3) is 0.577. The van der Waals surface area contributed by atoms with E-state index >= 15 is 0 Å². The molecule has 0 bridgehead atoms. The number of hydrogen-bond acceptors (Lipinski definition) is 6. The summed E-state index contributed by atoms with van der Waals surface area (Å²) in [5.74, 6) is -0.375. The van der Waals surface area contributed by atoms with Gasteiger partial charge in [-0.2, -0.15) is 13.2 Å². The SMILES string of the molecule is Cc1cc(NC(=O)Nc2c(OC(=O)C3CC3)cccc2N(CC(C)CC(F)(F)F)C2CCCCC2)no1. The third kappa shape index (κ3) is 7.62. The Kier molecular flexibility index (Phi) is 8.29. The van der Waals surface area contributed by atoms with Crippen molar-refractivity contribution in [2.45, 2.75) is 77.4 Å². The molecule has 4 rings (SSSR count). The van der Waals surface area contributed by atoms with Crippen LogP contribution >= 0.6 is 0 Å². The Balaban J connectivity index is 1.67. The van der Waals surface area contributed by atoms with Gasteiger partial charge in [-0.15, -0.1) is 0 Å². The lowest BCUT2D eigenvalue weighted by atomic mass is 9.92. The van der Waals surface area contributed by atoms with E-state index in [9.17, 15) is 22.8 Å². The van der Waals surface area contributed by atoms with Gasteiger partial charge in [-0.05, 0) is 50.7 Å². The minimum Gasteiger partial charge on any atom is -0.424 e. The number of ether oxygens (including phenoxy) is 1. The van der Waals surface area contributed by atoms with Gasteiger partial charge in [0, 0.05) is 25.1 Å². The topological polar surface area (TPSA) is 96.7 Å². The maximum atomic E-state index is 13.2. The number of halogens is 3. The van der Waals surface area contributed by atoms with E-state index in [2.05, 4.69) is 15.8 Å². The Bertz CT molecular complexity index is 1090. The molecular formula is C26H33F3N4O4. The van der Waals surface area contributed by atoms with Gasteiger partial charge in [0.25, 0.3) is 0 Å². The number of amides is 2. The van der Waals surface area contributed by atoms with Crippen LogP contribution in [0.3, 0.4) is 0 Å². The number of anilines is 3. The maximum Gasteiger partial charge on any atom is 0.389 e. The van der Waals surface area contributed by atoms with Gasteiger partial charge in [-0.1, -0.05) is 37.4 Å². The first kappa shape index (κ1) is 26.8. The van der Waals surface area contributed by atoms with Crippen molar-refractivity contribution in [3.05, 3.63) is 30.0 Å². The lowest BCUT2D eigenvalue weighted by Gasteiger charge is -2.39. The van der Waals surface area contributed by atoms with Crippen molar-refractivity contribution < 1.29 is 32.0 Å². The van der Waals surface area contributed by atoms with E-state index in [4.69, 9.17) is 9.26 Å². The van der Waals surface area contributed by atoms with Crippen LogP contribution in [0.15, 0.2) is 28.8 Å². The molecule has 8 nitrogen and oxygen atoms in total. The average Bonchev–Trinajstić information content (AvgIpc) is 3.60. The van der Waals surface area contributed by atoms with Crippen LogP contribution in [0.2, 0.25) is 0 Å². The van der Waals surface area contributed by atoms with Gasteiger partial charge in [-0.3, -0.25) is 10.1 Å². The number of nitrogens with zero attached hydrogens (tertiary/aromatic N) is 2. The van der Waals surface area contributed by atoms with Crippen molar-refractivity contribution >= 4 is 29.2 Å². The van der Waals surface area contributed by atoms with Gasteiger partial charge in [0.2, 0.25) is 0 Å². The molecule has 1 atom stereocenters. The molecule has 1 aromatic carbocycles. The average molecular weight is 523 g/mol. The molecule has 0 spiro atoms. The normalized spacial score (nSPS) is 17.2. The van der Waals surface area contributed by atoms with E-state index in [0.29, 0.717) is 11.4 Å².